The van der Waals surface area contributed by atoms with Crippen molar-refractivity contribution in [1.29, 1.82) is 0 Å². The molecule has 0 amide bonds. The summed E-state index contributed by atoms with van der Waals surface area (Å²) in [5, 5.41) is 0.0238. The quantitative estimate of drug-likeness (QED) is 0.614. The van der Waals surface area contributed by atoms with Gasteiger partial charge in [-0.05, 0) is 19.1 Å². The molecule has 1 aromatic heterocycles. The molecule has 2 rings (SSSR count). The van der Waals surface area contributed by atoms with E-state index in [1.165, 1.54) is 19.1 Å². The number of halogens is 5. The summed E-state index contributed by atoms with van der Waals surface area (Å²) >= 11 is 12.2. The van der Waals surface area contributed by atoms with Gasteiger partial charge in [0.1, 0.15) is 5.82 Å². The van der Waals surface area contributed by atoms with Gasteiger partial charge in [-0.3, -0.25) is 4.72 Å². The number of aromatic nitrogens is 1. The minimum absolute atomic E-state index is 0.0103. The Labute approximate surface area is 164 Å². The molecule has 0 unspecified atom stereocenters. The Bertz CT molecular complexity index is 907. The highest BCUT2D eigenvalue weighted by atomic mass is 35.5. The first-order valence-electron chi connectivity index (χ1n) is 7.58. The van der Waals surface area contributed by atoms with E-state index < -0.39 is 29.2 Å². The maximum atomic E-state index is 12.4. The SMILES string of the molecule is Cc1c(NS(=O)(=O)c2ccccc2)nc(COCCC(F)(F)F)c(Cl)c1Cl. The van der Waals surface area contributed by atoms with Crippen molar-refractivity contribution in [1.82, 2.24) is 4.98 Å². The molecule has 1 aromatic carbocycles. The van der Waals surface area contributed by atoms with Crippen LogP contribution in [0.3, 0.4) is 0 Å². The van der Waals surface area contributed by atoms with Crippen LogP contribution < -0.4 is 4.72 Å². The van der Waals surface area contributed by atoms with Crippen LogP contribution in [0, 0.1) is 6.92 Å². The summed E-state index contributed by atoms with van der Waals surface area (Å²) in [6, 6.07) is 7.58. The van der Waals surface area contributed by atoms with Crippen LogP contribution in [0.1, 0.15) is 17.7 Å². The number of hydrogen-bond acceptors (Lipinski definition) is 4. The van der Waals surface area contributed by atoms with Gasteiger partial charge in [0.15, 0.2) is 0 Å². The van der Waals surface area contributed by atoms with Crippen LogP contribution in [0.25, 0.3) is 0 Å². The average molecular weight is 443 g/mol. The van der Waals surface area contributed by atoms with E-state index in [1.807, 2.05) is 0 Å². The number of nitrogens with zero attached hydrogens (tertiary/aromatic N) is 1. The van der Waals surface area contributed by atoms with Crippen molar-refractivity contribution in [2.45, 2.75) is 31.0 Å². The van der Waals surface area contributed by atoms with Crippen LogP contribution >= 0.6 is 23.2 Å². The van der Waals surface area contributed by atoms with Gasteiger partial charge in [0, 0.05) is 5.56 Å². The van der Waals surface area contributed by atoms with E-state index in [9.17, 15) is 21.6 Å². The first-order valence-corrected chi connectivity index (χ1v) is 9.82. The summed E-state index contributed by atoms with van der Waals surface area (Å²) in [4.78, 5) is 4.08. The molecular formula is C16H15Cl2F3N2O3S. The molecule has 148 valence electrons. The summed E-state index contributed by atoms with van der Waals surface area (Å²) in [5.74, 6) is -0.0809. The van der Waals surface area contributed by atoms with Crippen molar-refractivity contribution < 1.29 is 26.3 Å². The zero-order valence-electron chi connectivity index (χ0n) is 14.0. The predicted octanol–water partition coefficient (Wildman–Crippen LogP) is 4.97. The van der Waals surface area contributed by atoms with Gasteiger partial charge in [0.05, 0.1) is 40.3 Å². The summed E-state index contributed by atoms with van der Waals surface area (Å²) < 4.78 is 68.7. The largest absolute Gasteiger partial charge is 0.391 e. The Morgan fingerprint density at radius 1 is 1.15 bits per heavy atom. The summed E-state index contributed by atoms with van der Waals surface area (Å²) in [6.07, 6.45) is -5.48. The fourth-order valence-electron chi connectivity index (χ4n) is 2.00. The highest BCUT2D eigenvalue weighted by molar-refractivity contribution is 7.92. The second-order valence-electron chi connectivity index (χ2n) is 5.50. The van der Waals surface area contributed by atoms with Gasteiger partial charge in [-0.1, -0.05) is 41.4 Å². The number of nitrogens with one attached hydrogen (secondary N) is 1. The van der Waals surface area contributed by atoms with Gasteiger partial charge in [-0.25, -0.2) is 13.4 Å². The first kappa shape index (κ1) is 21.7. The van der Waals surface area contributed by atoms with E-state index in [0.717, 1.165) is 0 Å². The molecule has 0 aliphatic heterocycles. The van der Waals surface area contributed by atoms with E-state index in [0.29, 0.717) is 0 Å². The zero-order valence-corrected chi connectivity index (χ0v) is 16.3. The molecule has 2 aromatic rings. The Morgan fingerprint density at radius 2 is 1.78 bits per heavy atom. The van der Waals surface area contributed by atoms with Gasteiger partial charge in [0.2, 0.25) is 0 Å². The molecule has 0 saturated carbocycles. The molecule has 0 atom stereocenters. The minimum atomic E-state index is -4.35. The standard InChI is InChI=1S/C16H15Cl2F3N2O3S/c1-10-13(17)14(18)12(9-26-8-7-16(19,20)21)22-15(10)23-27(24,25)11-5-3-2-4-6-11/h2-6H,7-9H2,1H3,(H,22,23). The number of hydrogen-bond donors (Lipinski definition) is 1. The Hall–Kier alpha value is -1.55. The molecule has 0 aliphatic carbocycles. The highest BCUT2D eigenvalue weighted by Crippen LogP contribution is 2.33. The minimum Gasteiger partial charge on any atom is -0.375 e. The lowest BCUT2D eigenvalue weighted by Crippen LogP contribution is -2.16. The van der Waals surface area contributed by atoms with Crippen molar-refractivity contribution in [2.24, 2.45) is 0 Å². The van der Waals surface area contributed by atoms with Crippen LogP contribution in [0.15, 0.2) is 35.2 Å². The molecule has 27 heavy (non-hydrogen) atoms. The maximum Gasteiger partial charge on any atom is 0.391 e. The number of sulfonamides is 1. The van der Waals surface area contributed by atoms with Gasteiger partial charge < -0.3 is 4.74 Å². The number of ether oxygens (including phenoxy) is 1. The lowest BCUT2D eigenvalue weighted by molar-refractivity contribution is -0.146. The fourth-order valence-corrected chi connectivity index (χ4v) is 3.52. The van der Waals surface area contributed by atoms with E-state index in [1.54, 1.807) is 18.2 Å². The number of anilines is 1. The molecule has 11 heteroatoms. The first-order chi connectivity index (χ1) is 12.5. The Morgan fingerprint density at radius 3 is 2.37 bits per heavy atom. The molecule has 0 bridgehead atoms. The number of alkyl halides is 3. The van der Waals surface area contributed by atoms with Gasteiger partial charge in [-0.15, -0.1) is 0 Å². The third-order valence-corrected chi connectivity index (χ3v) is 5.76. The lowest BCUT2D eigenvalue weighted by atomic mass is 10.2. The summed E-state index contributed by atoms with van der Waals surface area (Å²) in [6.45, 7) is 0.575. The predicted molar refractivity (Wildman–Crippen MR) is 96.6 cm³/mol. The Balaban J connectivity index is 2.23. The smallest absolute Gasteiger partial charge is 0.375 e. The average Bonchev–Trinajstić information content (AvgIpc) is 2.60. The van der Waals surface area contributed by atoms with Gasteiger partial charge in [-0.2, -0.15) is 13.2 Å². The topological polar surface area (TPSA) is 68.3 Å². The molecule has 0 saturated heterocycles. The zero-order chi connectivity index (χ0) is 20.2. The molecule has 0 spiro atoms. The summed E-state index contributed by atoms with van der Waals surface area (Å²) in [5.41, 5.74) is 0.306. The molecule has 0 radical (unpaired) electrons. The molecule has 5 nitrogen and oxygen atoms in total. The second-order valence-corrected chi connectivity index (χ2v) is 7.93. The van der Waals surface area contributed by atoms with Crippen molar-refractivity contribution >= 4 is 39.0 Å². The van der Waals surface area contributed by atoms with Crippen molar-refractivity contribution in [3.05, 3.63) is 51.6 Å². The van der Waals surface area contributed by atoms with Crippen LogP contribution in [-0.4, -0.2) is 26.2 Å². The van der Waals surface area contributed by atoms with E-state index >= 15 is 0 Å². The maximum absolute atomic E-state index is 12.4. The second kappa shape index (κ2) is 8.64. The highest BCUT2D eigenvalue weighted by Gasteiger charge is 2.26. The van der Waals surface area contributed by atoms with Crippen molar-refractivity contribution in [2.75, 3.05) is 11.3 Å². The van der Waals surface area contributed by atoms with Crippen molar-refractivity contribution in [3.8, 4) is 0 Å². The molecule has 0 fully saturated rings. The van der Waals surface area contributed by atoms with Crippen LogP contribution in [-0.2, 0) is 21.4 Å². The number of rotatable bonds is 7. The molecule has 1 heterocycles. The Kier molecular flexibility index (Phi) is 6.96. The molecule has 1 N–H and O–H groups in total. The van der Waals surface area contributed by atoms with Gasteiger partial charge >= 0.3 is 6.18 Å². The van der Waals surface area contributed by atoms with Crippen molar-refractivity contribution in [3.63, 3.8) is 0 Å². The van der Waals surface area contributed by atoms with E-state index in [4.69, 9.17) is 27.9 Å². The molecule has 0 aliphatic rings. The van der Waals surface area contributed by atoms with Gasteiger partial charge in [0.25, 0.3) is 10.0 Å². The molecular weight excluding hydrogens is 428 g/mol. The third kappa shape index (κ3) is 5.97. The normalized spacial score (nSPS) is 12.2. The van der Waals surface area contributed by atoms with Crippen LogP contribution in [0.2, 0.25) is 10.0 Å². The number of benzene rings is 1. The monoisotopic (exact) mass is 442 g/mol. The van der Waals surface area contributed by atoms with Crippen LogP contribution in [0.4, 0.5) is 19.0 Å². The third-order valence-electron chi connectivity index (χ3n) is 3.43. The fraction of sp³-hybridized carbons (Fsp3) is 0.312. The number of pyridine rings is 1. The van der Waals surface area contributed by atoms with E-state index in [-0.39, 0.29) is 38.6 Å². The van der Waals surface area contributed by atoms with E-state index in [2.05, 4.69) is 9.71 Å². The van der Waals surface area contributed by atoms with Crippen LogP contribution in [0.5, 0.6) is 0 Å². The summed E-state index contributed by atoms with van der Waals surface area (Å²) in [7, 11) is -3.93. The lowest BCUT2D eigenvalue weighted by Gasteiger charge is -2.15.